The molecule has 0 aromatic carbocycles. The Hall–Kier alpha value is -1.60. The number of imidazole rings is 1. The van der Waals surface area contributed by atoms with Crippen LogP contribution < -0.4 is 0 Å². The lowest BCUT2D eigenvalue weighted by Gasteiger charge is -2.27. The molecule has 1 aromatic rings. The van der Waals surface area contributed by atoms with Crippen LogP contribution in [0.2, 0.25) is 0 Å². The SMILES string of the molecule is CC(=O)c1cnc2n1CCN(C(=O)/C=C/CN1CCSCC1)C2. The molecule has 1 saturated heterocycles. The maximum absolute atomic E-state index is 12.3. The number of Topliss-reactive ketones (excluding diaryl/α,β-unsaturated/α-hetero) is 1. The van der Waals surface area contributed by atoms with E-state index in [2.05, 4.69) is 9.88 Å². The first kappa shape index (κ1) is 16.3. The number of carbonyl (C=O) groups excluding carboxylic acids is 2. The Labute approximate surface area is 140 Å². The fourth-order valence-corrected chi connectivity index (χ4v) is 3.90. The summed E-state index contributed by atoms with van der Waals surface area (Å²) in [4.78, 5) is 32.3. The number of amides is 1. The molecule has 0 bridgehead atoms. The van der Waals surface area contributed by atoms with E-state index >= 15 is 0 Å². The van der Waals surface area contributed by atoms with Crippen molar-refractivity contribution >= 4 is 23.5 Å². The normalized spacial score (nSPS) is 19.1. The predicted octanol–water partition coefficient (Wildman–Crippen LogP) is 1.03. The van der Waals surface area contributed by atoms with Crippen LogP contribution in [0.25, 0.3) is 0 Å². The molecule has 0 atom stereocenters. The van der Waals surface area contributed by atoms with Gasteiger partial charge in [-0.2, -0.15) is 11.8 Å². The monoisotopic (exact) mass is 334 g/mol. The predicted molar refractivity (Wildman–Crippen MR) is 90.6 cm³/mol. The molecule has 2 aliphatic rings. The van der Waals surface area contributed by atoms with E-state index in [1.807, 2.05) is 22.4 Å². The Morgan fingerprint density at radius 1 is 1.26 bits per heavy atom. The van der Waals surface area contributed by atoms with Gasteiger partial charge in [-0.15, -0.1) is 0 Å². The number of thioether (sulfide) groups is 1. The second-order valence-corrected chi connectivity index (χ2v) is 7.07. The van der Waals surface area contributed by atoms with Gasteiger partial charge in [-0.25, -0.2) is 4.98 Å². The third-order valence-electron chi connectivity index (χ3n) is 4.26. The Balaban J connectivity index is 1.55. The first-order valence-electron chi connectivity index (χ1n) is 7.96. The van der Waals surface area contributed by atoms with E-state index in [1.54, 1.807) is 24.1 Å². The van der Waals surface area contributed by atoms with Crippen LogP contribution in [-0.2, 0) is 17.9 Å². The smallest absolute Gasteiger partial charge is 0.246 e. The van der Waals surface area contributed by atoms with Gasteiger partial charge in [-0.05, 0) is 0 Å². The lowest BCUT2D eigenvalue weighted by molar-refractivity contribution is -0.127. The van der Waals surface area contributed by atoms with Crippen LogP contribution in [0.4, 0.5) is 0 Å². The van der Waals surface area contributed by atoms with E-state index < -0.39 is 0 Å². The van der Waals surface area contributed by atoms with E-state index in [1.165, 1.54) is 11.5 Å². The Bertz CT molecular complexity index is 620. The highest BCUT2D eigenvalue weighted by molar-refractivity contribution is 7.99. The molecule has 6 nitrogen and oxygen atoms in total. The summed E-state index contributed by atoms with van der Waals surface area (Å²) in [6.45, 7) is 6.29. The second kappa shape index (κ2) is 7.31. The summed E-state index contributed by atoms with van der Waals surface area (Å²) in [5.41, 5.74) is 0.630. The number of ketones is 1. The summed E-state index contributed by atoms with van der Waals surface area (Å²) in [5.74, 6) is 3.18. The van der Waals surface area contributed by atoms with E-state index in [9.17, 15) is 9.59 Å². The Morgan fingerprint density at radius 3 is 2.78 bits per heavy atom. The fraction of sp³-hybridized carbons (Fsp3) is 0.562. The van der Waals surface area contributed by atoms with Crippen molar-refractivity contribution in [2.75, 3.05) is 37.7 Å². The first-order chi connectivity index (χ1) is 11.1. The average Bonchev–Trinajstić information content (AvgIpc) is 2.99. The van der Waals surface area contributed by atoms with Gasteiger partial charge in [-0.1, -0.05) is 6.08 Å². The molecule has 0 unspecified atom stereocenters. The minimum Gasteiger partial charge on any atom is -0.330 e. The van der Waals surface area contributed by atoms with Gasteiger partial charge in [0, 0.05) is 57.2 Å². The second-order valence-electron chi connectivity index (χ2n) is 5.84. The van der Waals surface area contributed by atoms with Crippen molar-refractivity contribution in [2.45, 2.75) is 20.0 Å². The van der Waals surface area contributed by atoms with Gasteiger partial charge in [-0.3, -0.25) is 14.5 Å². The summed E-state index contributed by atoms with van der Waals surface area (Å²) < 4.78 is 1.92. The Morgan fingerprint density at radius 2 is 2.04 bits per heavy atom. The van der Waals surface area contributed by atoms with Crippen LogP contribution in [0.3, 0.4) is 0 Å². The van der Waals surface area contributed by atoms with Gasteiger partial charge in [0.2, 0.25) is 5.91 Å². The van der Waals surface area contributed by atoms with Crippen molar-refractivity contribution in [3.63, 3.8) is 0 Å². The van der Waals surface area contributed by atoms with Crippen LogP contribution in [-0.4, -0.2) is 68.7 Å². The summed E-state index contributed by atoms with van der Waals surface area (Å²) in [7, 11) is 0. The molecular formula is C16H22N4O2S. The molecule has 3 heterocycles. The van der Waals surface area contributed by atoms with E-state index in [4.69, 9.17) is 0 Å². The van der Waals surface area contributed by atoms with Crippen molar-refractivity contribution in [1.82, 2.24) is 19.4 Å². The zero-order valence-electron chi connectivity index (χ0n) is 13.4. The largest absolute Gasteiger partial charge is 0.330 e. The third kappa shape index (κ3) is 3.84. The standard InChI is InChI=1S/C16H22N4O2S/c1-13(21)14-11-17-15-12-19(5-6-20(14)15)16(22)3-2-4-18-7-9-23-10-8-18/h2-3,11H,4-10,12H2,1H3/b3-2+. The molecule has 23 heavy (non-hydrogen) atoms. The lowest BCUT2D eigenvalue weighted by Crippen LogP contribution is -2.38. The molecule has 0 aliphatic carbocycles. The number of hydrogen-bond donors (Lipinski definition) is 0. The molecule has 0 saturated carbocycles. The highest BCUT2D eigenvalue weighted by atomic mass is 32.2. The molecular weight excluding hydrogens is 312 g/mol. The van der Waals surface area contributed by atoms with Crippen LogP contribution in [0.5, 0.6) is 0 Å². The van der Waals surface area contributed by atoms with E-state index in [0.29, 0.717) is 25.3 Å². The number of hydrogen-bond acceptors (Lipinski definition) is 5. The molecule has 0 spiro atoms. The zero-order chi connectivity index (χ0) is 16.2. The minimum absolute atomic E-state index is 0.0168. The summed E-state index contributed by atoms with van der Waals surface area (Å²) in [6.07, 6.45) is 5.24. The van der Waals surface area contributed by atoms with Gasteiger partial charge >= 0.3 is 0 Å². The molecule has 0 radical (unpaired) electrons. The highest BCUT2D eigenvalue weighted by Gasteiger charge is 2.23. The number of carbonyl (C=O) groups is 2. The van der Waals surface area contributed by atoms with Crippen molar-refractivity contribution in [2.24, 2.45) is 0 Å². The van der Waals surface area contributed by atoms with Crippen molar-refractivity contribution in [3.05, 3.63) is 29.9 Å². The van der Waals surface area contributed by atoms with Gasteiger partial charge in [0.05, 0.1) is 12.7 Å². The quantitative estimate of drug-likeness (QED) is 0.608. The topological polar surface area (TPSA) is 58.4 Å². The van der Waals surface area contributed by atoms with E-state index in [0.717, 1.165) is 25.5 Å². The molecule has 124 valence electrons. The number of fused-ring (bicyclic) bond motifs is 1. The van der Waals surface area contributed by atoms with Gasteiger partial charge in [0.25, 0.3) is 0 Å². The zero-order valence-corrected chi connectivity index (χ0v) is 14.2. The van der Waals surface area contributed by atoms with Crippen molar-refractivity contribution in [3.8, 4) is 0 Å². The van der Waals surface area contributed by atoms with Crippen LogP contribution in [0, 0.1) is 0 Å². The maximum Gasteiger partial charge on any atom is 0.246 e. The third-order valence-corrected chi connectivity index (χ3v) is 5.21. The van der Waals surface area contributed by atoms with Gasteiger partial charge < -0.3 is 9.47 Å². The fourth-order valence-electron chi connectivity index (χ4n) is 2.92. The number of nitrogens with zero attached hydrogens (tertiary/aromatic N) is 4. The molecule has 1 aromatic heterocycles. The van der Waals surface area contributed by atoms with Gasteiger partial charge in [0.15, 0.2) is 5.78 Å². The molecule has 2 aliphatic heterocycles. The van der Waals surface area contributed by atoms with Crippen molar-refractivity contribution in [1.29, 1.82) is 0 Å². The molecule has 1 fully saturated rings. The summed E-state index contributed by atoms with van der Waals surface area (Å²) in [6, 6.07) is 0. The summed E-state index contributed by atoms with van der Waals surface area (Å²) >= 11 is 1.98. The molecule has 1 amide bonds. The maximum atomic E-state index is 12.3. The highest BCUT2D eigenvalue weighted by Crippen LogP contribution is 2.15. The van der Waals surface area contributed by atoms with Crippen LogP contribution >= 0.6 is 11.8 Å². The van der Waals surface area contributed by atoms with E-state index in [-0.39, 0.29) is 11.7 Å². The Kier molecular flexibility index (Phi) is 5.17. The number of aromatic nitrogens is 2. The molecule has 3 rings (SSSR count). The minimum atomic E-state index is 0.0168. The van der Waals surface area contributed by atoms with Crippen molar-refractivity contribution < 1.29 is 9.59 Å². The van der Waals surface area contributed by atoms with Gasteiger partial charge in [0.1, 0.15) is 11.5 Å². The first-order valence-corrected chi connectivity index (χ1v) is 9.11. The molecule has 0 N–H and O–H groups in total. The van der Waals surface area contributed by atoms with Crippen LogP contribution in [0.1, 0.15) is 23.2 Å². The lowest BCUT2D eigenvalue weighted by atomic mass is 10.3. The number of rotatable bonds is 4. The van der Waals surface area contributed by atoms with Crippen LogP contribution in [0.15, 0.2) is 18.3 Å². The average molecular weight is 334 g/mol. The molecule has 7 heteroatoms. The summed E-state index contributed by atoms with van der Waals surface area (Å²) in [5, 5.41) is 0.